The Kier molecular flexibility index (Phi) is 4.27. The van der Waals surface area contributed by atoms with E-state index in [4.69, 9.17) is 9.72 Å². The molecule has 21 heavy (non-hydrogen) atoms. The number of hydrogen-bond acceptors (Lipinski definition) is 3. The number of methoxy groups -OCH3 is 1. The summed E-state index contributed by atoms with van der Waals surface area (Å²) in [5.41, 5.74) is 2.40. The van der Waals surface area contributed by atoms with E-state index in [9.17, 15) is 0 Å². The number of benzene rings is 1. The lowest BCUT2D eigenvalue weighted by atomic mass is 9.80. The summed E-state index contributed by atoms with van der Waals surface area (Å²) in [5.74, 6) is 1.13. The number of aryl methyl sites for hydroxylation is 1. The molecule has 3 rings (SSSR count). The second-order valence-corrected chi connectivity index (χ2v) is 6.01. The van der Waals surface area contributed by atoms with Crippen molar-refractivity contribution in [2.45, 2.75) is 51.3 Å². The Labute approximate surface area is 126 Å². The average molecular weight is 287 g/mol. The molecule has 0 aliphatic heterocycles. The molecule has 0 spiro atoms. The maximum atomic E-state index is 5.66. The smallest absolute Gasteiger partial charge is 0.123 e. The van der Waals surface area contributed by atoms with Crippen molar-refractivity contribution in [3.8, 4) is 0 Å². The SMILES string of the molecule is CCCn1c(CNCC2(OC)CCC2)nc2ccccc21. The van der Waals surface area contributed by atoms with Crippen LogP contribution in [0.2, 0.25) is 0 Å². The van der Waals surface area contributed by atoms with Gasteiger partial charge in [-0.1, -0.05) is 19.1 Å². The van der Waals surface area contributed by atoms with Crippen molar-refractivity contribution < 1.29 is 4.74 Å². The number of para-hydroxylation sites is 2. The number of hydrogen-bond donors (Lipinski definition) is 1. The molecule has 1 saturated carbocycles. The average Bonchev–Trinajstić information content (AvgIpc) is 2.81. The fraction of sp³-hybridized carbons (Fsp3) is 0.588. The number of rotatable bonds is 7. The molecule has 0 radical (unpaired) electrons. The van der Waals surface area contributed by atoms with Gasteiger partial charge in [-0.3, -0.25) is 0 Å². The first-order valence-corrected chi connectivity index (χ1v) is 7.98. The molecule has 1 N–H and O–H groups in total. The summed E-state index contributed by atoms with van der Waals surface area (Å²) in [7, 11) is 1.83. The summed E-state index contributed by atoms with van der Waals surface area (Å²) in [6.07, 6.45) is 4.74. The number of nitrogens with one attached hydrogen (secondary N) is 1. The van der Waals surface area contributed by atoms with Gasteiger partial charge in [0.05, 0.1) is 23.2 Å². The van der Waals surface area contributed by atoms with Crippen molar-refractivity contribution in [1.82, 2.24) is 14.9 Å². The van der Waals surface area contributed by atoms with Gasteiger partial charge in [0, 0.05) is 20.2 Å². The van der Waals surface area contributed by atoms with Crippen LogP contribution in [0.25, 0.3) is 11.0 Å². The first-order chi connectivity index (χ1) is 10.3. The molecule has 1 aromatic heterocycles. The van der Waals surface area contributed by atoms with E-state index in [1.165, 1.54) is 24.8 Å². The van der Waals surface area contributed by atoms with Gasteiger partial charge in [0.15, 0.2) is 0 Å². The summed E-state index contributed by atoms with van der Waals surface area (Å²) >= 11 is 0. The minimum absolute atomic E-state index is 0.0710. The van der Waals surface area contributed by atoms with E-state index in [0.717, 1.165) is 37.4 Å². The Morgan fingerprint density at radius 3 is 2.81 bits per heavy atom. The van der Waals surface area contributed by atoms with E-state index in [2.05, 4.69) is 41.1 Å². The summed E-state index contributed by atoms with van der Waals surface area (Å²) in [4.78, 5) is 4.78. The van der Waals surface area contributed by atoms with Gasteiger partial charge in [-0.2, -0.15) is 0 Å². The molecule has 0 amide bonds. The molecule has 0 atom stereocenters. The van der Waals surface area contributed by atoms with E-state index >= 15 is 0 Å². The second kappa shape index (κ2) is 6.16. The second-order valence-electron chi connectivity index (χ2n) is 6.01. The van der Waals surface area contributed by atoms with Crippen LogP contribution in [0.3, 0.4) is 0 Å². The highest BCUT2D eigenvalue weighted by Crippen LogP contribution is 2.34. The predicted octanol–water partition coefficient (Wildman–Crippen LogP) is 3.11. The molecule has 1 aliphatic carbocycles. The monoisotopic (exact) mass is 287 g/mol. The third-order valence-electron chi connectivity index (χ3n) is 4.61. The van der Waals surface area contributed by atoms with Gasteiger partial charge >= 0.3 is 0 Å². The topological polar surface area (TPSA) is 39.1 Å². The highest BCUT2D eigenvalue weighted by atomic mass is 16.5. The number of nitrogens with zero attached hydrogens (tertiary/aromatic N) is 2. The number of ether oxygens (including phenoxy) is 1. The zero-order chi connectivity index (χ0) is 14.7. The van der Waals surface area contributed by atoms with Crippen LogP contribution >= 0.6 is 0 Å². The first kappa shape index (κ1) is 14.5. The van der Waals surface area contributed by atoms with Crippen molar-refractivity contribution >= 4 is 11.0 Å². The molecule has 1 heterocycles. The Bertz CT molecular complexity index is 596. The number of imidazole rings is 1. The zero-order valence-electron chi connectivity index (χ0n) is 13.1. The molecule has 4 nitrogen and oxygen atoms in total. The highest BCUT2D eigenvalue weighted by Gasteiger charge is 2.36. The fourth-order valence-electron chi connectivity index (χ4n) is 3.16. The Balaban J connectivity index is 1.72. The van der Waals surface area contributed by atoms with Gasteiger partial charge in [0.1, 0.15) is 5.82 Å². The van der Waals surface area contributed by atoms with Crippen molar-refractivity contribution in [2.24, 2.45) is 0 Å². The lowest BCUT2D eigenvalue weighted by molar-refractivity contribution is -0.0696. The molecular weight excluding hydrogens is 262 g/mol. The van der Waals surface area contributed by atoms with Gasteiger partial charge in [0.2, 0.25) is 0 Å². The van der Waals surface area contributed by atoms with Crippen molar-refractivity contribution in [2.75, 3.05) is 13.7 Å². The van der Waals surface area contributed by atoms with Crippen molar-refractivity contribution in [3.63, 3.8) is 0 Å². The largest absolute Gasteiger partial charge is 0.377 e. The standard InChI is InChI=1S/C17H25N3O/c1-3-11-20-15-8-5-4-7-14(15)19-16(20)12-18-13-17(21-2)9-6-10-17/h4-5,7-8,18H,3,6,9-13H2,1-2H3. The Morgan fingerprint density at radius 1 is 1.33 bits per heavy atom. The number of aromatic nitrogens is 2. The van der Waals surface area contributed by atoms with Crippen LogP contribution in [0, 0.1) is 0 Å². The molecule has 0 bridgehead atoms. The molecule has 4 heteroatoms. The van der Waals surface area contributed by atoms with Crippen molar-refractivity contribution in [1.29, 1.82) is 0 Å². The molecule has 114 valence electrons. The van der Waals surface area contributed by atoms with Crippen LogP contribution < -0.4 is 5.32 Å². The minimum atomic E-state index is 0.0710. The summed E-state index contributed by atoms with van der Waals surface area (Å²) in [5, 5.41) is 3.55. The maximum Gasteiger partial charge on any atom is 0.123 e. The molecule has 0 saturated heterocycles. The van der Waals surface area contributed by atoms with Crippen LogP contribution in [0.1, 0.15) is 38.4 Å². The van der Waals surface area contributed by atoms with Gasteiger partial charge in [0.25, 0.3) is 0 Å². The summed E-state index contributed by atoms with van der Waals surface area (Å²) in [6, 6.07) is 8.39. The highest BCUT2D eigenvalue weighted by molar-refractivity contribution is 5.75. The van der Waals surface area contributed by atoms with E-state index in [1.807, 2.05) is 7.11 Å². The fourth-order valence-corrected chi connectivity index (χ4v) is 3.16. The lowest BCUT2D eigenvalue weighted by Gasteiger charge is -2.40. The van der Waals surface area contributed by atoms with Crippen LogP contribution in [-0.4, -0.2) is 28.8 Å². The van der Waals surface area contributed by atoms with Gasteiger partial charge in [-0.05, 0) is 37.8 Å². The predicted molar refractivity (Wildman–Crippen MR) is 85.3 cm³/mol. The molecule has 1 fully saturated rings. The normalized spacial score (nSPS) is 17.0. The quantitative estimate of drug-likeness (QED) is 0.850. The first-order valence-electron chi connectivity index (χ1n) is 7.98. The van der Waals surface area contributed by atoms with Gasteiger partial charge < -0.3 is 14.6 Å². The van der Waals surface area contributed by atoms with E-state index in [0.29, 0.717) is 0 Å². The molecule has 1 aromatic carbocycles. The Hall–Kier alpha value is -1.39. The molecular formula is C17H25N3O. The van der Waals surface area contributed by atoms with Crippen LogP contribution in [0.15, 0.2) is 24.3 Å². The third kappa shape index (κ3) is 2.83. The molecule has 0 unspecified atom stereocenters. The Morgan fingerprint density at radius 2 is 2.14 bits per heavy atom. The van der Waals surface area contributed by atoms with Crippen molar-refractivity contribution in [3.05, 3.63) is 30.1 Å². The molecule has 1 aliphatic rings. The van der Waals surface area contributed by atoms with E-state index in [-0.39, 0.29) is 5.60 Å². The summed E-state index contributed by atoms with van der Waals surface area (Å²) < 4.78 is 7.99. The maximum absolute atomic E-state index is 5.66. The van der Waals surface area contributed by atoms with Crippen LogP contribution in [-0.2, 0) is 17.8 Å². The van der Waals surface area contributed by atoms with Gasteiger partial charge in [-0.25, -0.2) is 4.98 Å². The van der Waals surface area contributed by atoms with Crippen LogP contribution in [0.4, 0.5) is 0 Å². The number of fused-ring (bicyclic) bond motifs is 1. The van der Waals surface area contributed by atoms with Gasteiger partial charge in [-0.15, -0.1) is 0 Å². The van der Waals surface area contributed by atoms with E-state index in [1.54, 1.807) is 0 Å². The molecule has 2 aromatic rings. The third-order valence-corrected chi connectivity index (χ3v) is 4.61. The minimum Gasteiger partial charge on any atom is -0.377 e. The van der Waals surface area contributed by atoms with Crippen LogP contribution in [0.5, 0.6) is 0 Å². The zero-order valence-corrected chi connectivity index (χ0v) is 13.1. The lowest BCUT2D eigenvalue weighted by Crippen LogP contribution is -2.47. The van der Waals surface area contributed by atoms with E-state index < -0.39 is 0 Å². The summed E-state index contributed by atoms with van der Waals surface area (Å²) in [6.45, 7) is 4.95.